The summed E-state index contributed by atoms with van der Waals surface area (Å²) < 4.78 is 29.9. The Morgan fingerprint density at radius 3 is 2.92 bits per heavy atom. The van der Waals surface area contributed by atoms with Gasteiger partial charge in [0.1, 0.15) is 0 Å². The second-order valence-electron chi connectivity index (χ2n) is 6.57. The highest BCUT2D eigenvalue weighted by Gasteiger charge is 2.26. The number of para-hydroxylation sites is 1. The zero-order chi connectivity index (χ0) is 17.9. The number of hydrogen-bond acceptors (Lipinski definition) is 4. The van der Waals surface area contributed by atoms with E-state index < -0.39 is 0 Å². The molecule has 136 valence electrons. The fourth-order valence-corrected chi connectivity index (χ4v) is 3.37. The molecule has 2 aliphatic heterocycles. The summed E-state index contributed by atoms with van der Waals surface area (Å²) >= 11 is 0. The Kier molecular flexibility index (Phi) is 4.65. The predicted octanol–water partition coefficient (Wildman–Crippen LogP) is 3.49. The zero-order valence-electron chi connectivity index (χ0n) is 14.3. The van der Waals surface area contributed by atoms with Crippen LogP contribution in [0.15, 0.2) is 42.5 Å². The molecule has 0 bridgehead atoms. The molecule has 2 aromatic carbocycles. The lowest BCUT2D eigenvalue weighted by atomic mass is 9.98. The highest BCUT2D eigenvalue weighted by molar-refractivity contribution is 5.95. The first-order valence-corrected chi connectivity index (χ1v) is 8.77. The third-order valence-electron chi connectivity index (χ3n) is 4.74. The van der Waals surface area contributed by atoms with E-state index in [9.17, 15) is 9.18 Å². The molecule has 0 radical (unpaired) electrons. The Hall–Kier alpha value is -2.76. The molecule has 26 heavy (non-hydrogen) atoms. The van der Waals surface area contributed by atoms with Crippen molar-refractivity contribution < 1.29 is 23.4 Å². The number of carbonyl (C=O) groups is 1. The maximum atomic E-state index is 13.7. The fourth-order valence-electron chi connectivity index (χ4n) is 3.37. The summed E-state index contributed by atoms with van der Waals surface area (Å²) in [6, 6.07) is 11.6. The van der Waals surface area contributed by atoms with Gasteiger partial charge in [0.05, 0.1) is 6.61 Å². The van der Waals surface area contributed by atoms with Gasteiger partial charge in [-0.15, -0.1) is 0 Å². The van der Waals surface area contributed by atoms with E-state index in [-0.39, 0.29) is 30.2 Å². The predicted molar refractivity (Wildman–Crippen MR) is 93.1 cm³/mol. The number of ether oxygens (including phenoxy) is 3. The quantitative estimate of drug-likeness (QED) is 0.841. The van der Waals surface area contributed by atoms with Crippen molar-refractivity contribution in [1.82, 2.24) is 4.90 Å². The van der Waals surface area contributed by atoms with Crippen molar-refractivity contribution in [3.05, 3.63) is 53.8 Å². The molecule has 0 aromatic heterocycles. The lowest BCUT2D eigenvalue weighted by Crippen LogP contribution is -2.41. The summed E-state index contributed by atoms with van der Waals surface area (Å²) in [5.74, 6) is 1.31. The molecule has 0 saturated carbocycles. The van der Waals surface area contributed by atoms with E-state index in [0.717, 1.165) is 12.8 Å². The maximum Gasteiger partial charge on any atom is 0.254 e. The van der Waals surface area contributed by atoms with Crippen LogP contribution in [0.5, 0.6) is 17.2 Å². The minimum Gasteiger partial charge on any atom is -0.490 e. The number of amides is 1. The molecule has 2 heterocycles. The molecule has 0 aliphatic carbocycles. The van der Waals surface area contributed by atoms with Crippen molar-refractivity contribution in [1.29, 1.82) is 0 Å². The molecular weight excluding hydrogens is 337 g/mol. The van der Waals surface area contributed by atoms with Crippen LogP contribution in [0.4, 0.5) is 4.39 Å². The Labute approximate surface area is 151 Å². The Morgan fingerprint density at radius 1 is 1.19 bits per heavy atom. The molecule has 1 saturated heterocycles. The van der Waals surface area contributed by atoms with Gasteiger partial charge >= 0.3 is 0 Å². The van der Waals surface area contributed by atoms with Crippen LogP contribution in [0.25, 0.3) is 0 Å². The minimum absolute atomic E-state index is 0.0288. The Balaban J connectivity index is 1.38. The number of likely N-dealkylation sites (tertiary alicyclic amines) is 1. The van der Waals surface area contributed by atoms with Crippen molar-refractivity contribution in [3.63, 3.8) is 0 Å². The average molecular weight is 357 g/mol. The van der Waals surface area contributed by atoms with Crippen LogP contribution in [0, 0.1) is 11.7 Å². The van der Waals surface area contributed by atoms with Gasteiger partial charge in [0, 0.05) is 24.6 Å². The SMILES string of the molecule is O=C(c1ccc2c(c1)OCO2)N1CCCC(COc2ccccc2F)C1. The number of halogens is 1. The molecule has 5 nitrogen and oxygen atoms in total. The molecule has 1 fully saturated rings. The lowest BCUT2D eigenvalue weighted by molar-refractivity contribution is 0.0631. The largest absolute Gasteiger partial charge is 0.490 e. The first kappa shape index (κ1) is 16.7. The molecule has 0 spiro atoms. The summed E-state index contributed by atoms with van der Waals surface area (Å²) in [4.78, 5) is 14.6. The molecular formula is C20H20FNO4. The van der Waals surface area contributed by atoms with Gasteiger partial charge in [-0.3, -0.25) is 4.79 Å². The van der Waals surface area contributed by atoms with Crippen LogP contribution >= 0.6 is 0 Å². The van der Waals surface area contributed by atoms with Gasteiger partial charge in [0.2, 0.25) is 6.79 Å². The topological polar surface area (TPSA) is 48.0 Å². The summed E-state index contributed by atoms with van der Waals surface area (Å²) in [7, 11) is 0. The molecule has 0 N–H and O–H groups in total. The van der Waals surface area contributed by atoms with Crippen molar-refractivity contribution in [3.8, 4) is 17.2 Å². The molecule has 6 heteroatoms. The Bertz CT molecular complexity index is 810. The van der Waals surface area contributed by atoms with Gasteiger partial charge in [0.15, 0.2) is 23.1 Å². The summed E-state index contributed by atoms with van der Waals surface area (Å²) in [5, 5.41) is 0. The summed E-state index contributed by atoms with van der Waals surface area (Å²) in [6.45, 7) is 1.89. The van der Waals surface area contributed by atoms with E-state index in [4.69, 9.17) is 14.2 Å². The normalized spacial score (nSPS) is 18.7. The van der Waals surface area contributed by atoms with Crippen LogP contribution < -0.4 is 14.2 Å². The minimum atomic E-state index is -0.364. The van der Waals surface area contributed by atoms with Crippen LogP contribution in [0.1, 0.15) is 23.2 Å². The first-order chi connectivity index (χ1) is 12.7. The second-order valence-corrected chi connectivity index (χ2v) is 6.57. The Morgan fingerprint density at radius 2 is 2.04 bits per heavy atom. The highest BCUT2D eigenvalue weighted by Crippen LogP contribution is 2.33. The monoisotopic (exact) mass is 357 g/mol. The molecule has 1 atom stereocenters. The van der Waals surface area contributed by atoms with Gasteiger partial charge in [-0.25, -0.2) is 4.39 Å². The molecule has 2 aromatic rings. The van der Waals surface area contributed by atoms with Gasteiger partial charge in [-0.05, 0) is 43.2 Å². The lowest BCUT2D eigenvalue weighted by Gasteiger charge is -2.32. The number of fused-ring (bicyclic) bond motifs is 1. The summed E-state index contributed by atoms with van der Waals surface area (Å²) in [6.07, 6.45) is 1.86. The van der Waals surface area contributed by atoms with E-state index >= 15 is 0 Å². The summed E-state index contributed by atoms with van der Waals surface area (Å²) in [5.41, 5.74) is 0.588. The van der Waals surface area contributed by atoms with E-state index in [1.807, 2.05) is 4.90 Å². The van der Waals surface area contributed by atoms with Crippen LogP contribution in [-0.2, 0) is 0 Å². The van der Waals surface area contributed by atoms with Crippen LogP contribution in [0.3, 0.4) is 0 Å². The van der Waals surface area contributed by atoms with Crippen LogP contribution in [0.2, 0.25) is 0 Å². The van der Waals surface area contributed by atoms with Gasteiger partial charge in [0.25, 0.3) is 5.91 Å². The number of piperidine rings is 1. The third kappa shape index (κ3) is 3.45. The highest BCUT2D eigenvalue weighted by atomic mass is 19.1. The van der Waals surface area contributed by atoms with Crippen molar-refractivity contribution >= 4 is 5.91 Å². The molecule has 1 unspecified atom stereocenters. The maximum absolute atomic E-state index is 13.7. The number of hydrogen-bond donors (Lipinski definition) is 0. The van der Waals surface area contributed by atoms with Crippen LogP contribution in [-0.4, -0.2) is 37.3 Å². The van der Waals surface area contributed by atoms with E-state index in [2.05, 4.69) is 0 Å². The van der Waals surface area contributed by atoms with Crippen molar-refractivity contribution in [2.45, 2.75) is 12.8 Å². The van der Waals surface area contributed by atoms with E-state index in [1.54, 1.807) is 36.4 Å². The first-order valence-electron chi connectivity index (χ1n) is 8.77. The zero-order valence-corrected chi connectivity index (χ0v) is 14.3. The van der Waals surface area contributed by atoms with E-state index in [0.29, 0.717) is 36.8 Å². The number of rotatable bonds is 4. The van der Waals surface area contributed by atoms with Gasteiger partial charge in [-0.1, -0.05) is 12.1 Å². The van der Waals surface area contributed by atoms with Gasteiger partial charge in [-0.2, -0.15) is 0 Å². The molecule has 2 aliphatic rings. The third-order valence-corrected chi connectivity index (χ3v) is 4.74. The van der Waals surface area contributed by atoms with Gasteiger partial charge < -0.3 is 19.1 Å². The fraction of sp³-hybridized carbons (Fsp3) is 0.350. The van der Waals surface area contributed by atoms with Crippen molar-refractivity contribution in [2.75, 3.05) is 26.5 Å². The number of nitrogens with zero attached hydrogens (tertiary/aromatic N) is 1. The molecule has 4 rings (SSSR count). The number of carbonyl (C=O) groups excluding carboxylic acids is 1. The van der Waals surface area contributed by atoms with E-state index in [1.165, 1.54) is 6.07 Å². The van der Waals surface area contributed by atoms with Crippen molar-refractivity contribution in [2.24, 2.45) is 5.92 Å². The second kappa shape index (κ2) is 7.23. The number of benzene rings is 2. The standard InChI is InChI=1S/C20H20FNO4/c21-16-5-1-2-6-17(16)24-12-14-4-3-9-22(11-14)20(23)15-7-8-18-19(10-15)26-13-25-18/h1-2,5-8,10,14H,3-4,9,11-13H2. The smallest absolute Gasteiger partial charge is 0.254 e. The average Bonchev–Trinajstić information content (AvgIpc) is 3.15. The molecule has 1 amide bonds.